The van der Waals surface area contributed by atoms with Crippen LogP contribution in [0.1, 0.15) is 16.9 Å². The number of amides is 1. The molecule has 112 valence electrons. The van der Waals surface area contributed by atoms with E-state index in [4.69, 9.17) is 9.26 Å². The monoisotopic (exact) mass is 290 g/mol. The number of ether oxygens (including phenoxy) is 1. The Labute approximate surface area is 122 Å². The second-order valence-electron chi connectivity index (χ2n) is 4.57. The van der Waals surface area contributed by atoms with Gasteiger partial charge in [-0.3, -0.25) is 4.79 Å². The zero-order valence-electron chi connectivity index (χ0n) is 12.1. The molecule has 0 saturated carbocycles. The first-order valence-corrected chi connectivity index (χ1v) is 6.68. The molecule has 1 aromatic carbocycles. The van der Waals surface area contributed by atoms with Gasteiger partial charge < -0.3 is 14.6 Å². The minimum Gasteiger partial charge on any atom is -0.385 e. The predicted molar refractivity (Wildman–Crippen MR) is 78.2 cm³/mol. The highest BCUT2D eigenvalue weighted by Gasteiger charge is 2.22. The highest BCUT2D eigenvalue weighted by molar-refractivity contribution is 5.98. The first kappa shape index (κ1) is 15.1. The molecule has 0 bridgehead atoms. The van der Waals surface area contributed by atoms with Crippen molar-refractivity contribution in [1.82, 2.24) is 10.1 Å². The molecule has 0 aliphatic rings. The van der Waals surface area contributed by atoms with Crippen molar-refractivity contribution in [1.29, 1.82) is 0 Å². The summed E-state index contributed by atoms with van der Waals surface area (Å²) in [6.45, 7) is 1.04. The quantitative estimate of drug-likeness (QED) is 0.816. The van der Waals surface area contributed by atoms with Gasteiger partial charge in [-0.15, -0.1) is 0 Å². The third kappa shape index (κ3) is 3.41. The van der Waals surface area contributed by atoms with Crippen LogP contribution < -0.4 is 10.9 Å². The van der Waals surface area contributed by atoms with E-state index in [0.717, 1.165) is 0 Å². The van der Waals surface area contributed by atoms with Crippen LogP contribution in [0.15, 0.2) is 39.6 Å². The molecule has 2 aromatic rings. The van der Waals surface area contributed by atoms with Gasteiger partial charge in [-0.1, -0.05) is 30.3 Å². The SMILES string of the molecule is COCCCNC(=O)c1c(-c2ccccc2)c(=O)on1C. The van der Waals surface area contributed by atoms with Crippen LogP contribution in [0, 0.1) is 0 Å². The Morgan fingerprint density at radius 2 is 2.05 bits per heavy atom. The number of hydrogen-bond donors (Lipinski definition) is 1. The van der Waals surface area contributed by atoms with Gasteiger partial charge in [0.2, 0.25) is 0 Å². The number of aromatic nitrogens is 1. The average Bonchev–Trinajstić information content (AvgIpc) is 2.79. The maximum atomic E-state index is 12.3. The molecule has 2 rings (SSSR count). The number of aryl methyl sites for hydroxylation is 1. The molecule has 0 aliphatic heterocycles. The van der Waals surface area contributed by atoms with Crippen molar-refractivity contribution in [3.8, 4) is 11.1 Å². The summed E-state index contributed by atoms with van der Waals surface area (Å²) in [6, 6.07) is 9.00. The van der Waals surface area contributed by atoms with Crippen LogP contribution in [0.25, 0.3) is 11.1 Å². The van der Waals surface area contributed by atoms with E-state index < -0.39 is 5.63 Å². The summed E-state index contributed by atoms with van der Waals surface area (Å²) >= 11 is 0. The van der Waals surface area contributed by atoms with Crippen molar-refractivity contribution in [2.24, 2.45) is 7.05 Å². The van der Waals surface area contributed by atoms with E-state index in [1.165, 1.54) is 11.8 Å². The van der Waals surface area contributed by atoms with E-state index in [0.29, 0.717) is 25.1 Å². The number of methoxy groups -OCH3 is 1. The lowest BCUT2D eigenvalue weighted by Gasteiger charge is -2.06. The Kier molecular flexibility index (Phi) is 4.94. The molecule has 6 nitrogen and oxygen atoms in total. The van der Waals surface area contributed by atoms with E-state index in [1.807, 2.05) is 18.2 Å². The number of benzene rings is 1. The Morgan fingerprint density at radius 1 is 1.33 bits per heavy atom. The third-order valence-corrected chi connectivity index (χ3v) is 3.06. The smallest absolute Gasteiger partial charge is 0.366 e. The molecule has 1 aromatic heterocycles. The minimum absolute atomic E-state index is 0.226. The molecule has 1 amide bonds. The Hall–Kier alpha value is -2.34. The molecule has 1 heterocycles. The maximum absolute atomic E-state index is 12.3. The zero-order chi connectivity index (χ0) is 15.2. The maximum Gasteiger partial charge on any atom is 0.366 e. The summed E-state index contributed by atoms with van der Waals surface area (Å²) in [6.07, 6.45) is 0.703. The summed E-state index contributed by atoms with van der Waals surface area (Å²) in [7, 11) is 3.15. The lowest BCUT2D eigenvalue weighted by molar-refractivity contribution is 0.0929. The Bertz CT molecular complexity index is 658. The lowest BCUT2D eigenvalue weighted by Crippen LogP contribution is -2.27. The van der Waals surface area contributed by atoms with Crippen molar-refractivity contribution in [3.63, 3.8) is 0 Å². The van der Waals surface area contributed by atoms with Gasteiger partial charge in [0.25, 0.3) is 5.91 Å². The van der Waals surface area contributed by atoms with Gasteiger partial charge in [0.1, 0.15) is 5.56 Å². The van der Waals surface area contributed by atoms with E-state index in [-0.39, 0.29) is 17.2 Å². The van der Waals surface area contributed by atoms with E-state index in [2.05, 4.69) is 5.32 Å². The first-order valence-electron chi connectivity index (χ1n) is 6.68. The summed E-state index contributed by atoms with van der Waals surface area (Å²) in [5.41, 5.74) is 0.644. The number of hydrogen-bond acceptors (Lipinski definition) is 4. The van der Waals surface area contributed by atoms with E-state index in [1.54, 1.807) is 19.2 Å². The van der Waals surface area contributed by atoms with Gasteiger partial charge in [0.15, 0.2) is 5.69 Å². The Morgan fingerprint density at radius 3 is 2.71 bits per heavy atom. The fraction of sp³-hybridized carbons (Fsp3) is 0.333. The number of carbonyl (C=O) groups excluding carboxylic acids is 1. The molecule has 0 fully saturated rings. The van der Waals surface area contributed by atoms with E-state index in [9.17, 15) is 9.59 Å². The molecule has 21 heavy (non-hydrogen) atoms. The fourth-order valence-electron chi connectivity index (χ4n) is 2.09. The molecule has 1 N–H and O–H groups in total. The van der Waals surface area contributed by atoms with Gasteiger partial charge in [-0.25, -0.2) is 9.53 Å². The second-order valence-corrected chi connectivity index (χ2v) is 4.57. The molecule has 6 heteroatoms. The van der Waals surface area contributed by atoms with Crippen LogP contribution in [0.4, 0.5) is 0 Å². The molecular formula is C15H18N2O4. The van der Waals surface area contributed by atoms with Crippen LogP contribution in [-0.2, 0) is 11.8 Å². The number of rotatable bonds is 6. The van der Waals surface area contributed by atoms with Crippen LogP contribution in [0.3, 0.4) is 0 Å². The van der Waals surface area contributed by atoms with Crippen LogP contribution in [0.5, 0.6) is 0 Å². The number of nitrogens with zero attached hydrogens (tertiary/aromatic N) is 1. The molecular weight excluding hydrogens is 272 g/mol. The van der Waals surface area contributed by atoms with Crippen LogP contribution >= 0.6 is 0 Å². The highest BCUT2D eigenvalue weighted by Crippen LogP contribution is 2.20. The average molecular weight is 290 g/mol. The number of carbonyl (C=O) groups is 1. The summed E-state index contributed by atoms with van der Waals surface area (Å²) < 4.78 is 11.2. The highest BCUT2D eigenvalue weighted by atomic mass is 16.5. The Balaban J connectivity index is 2.27. The van der Waals surface area contributed by atoms with Gasteiger partial charge in [-0.05, 0) is 12.0 Å². The fourth-order valence-corrected chi connectivity index (χ4v) is 2.09. The molecule has 0 aliphatic carbocycles. The predicted octanol–water partition coefficient (Wildman–Crippen LogP) is 1.41. The third-order valence-electron chi connectivity index (χ3n) is 3.06. The van der Waals surface area contributed by atoms with Crippen molar-refractivity contribution >= 4 is 5.91 Å². The van der Waals surface area contributed by atoms with E-state index >= 15 is 0 Å². The summed E-state index contributed by atoms with van der Waals surface area (Å²) in [5.74, 6) is -0.335. The van der Waals surface area contributed by atoms with Gasteiger partial charge in [0, 0.05) is 27.3 Å². The molecule has 0 unspecified atom stereocenters. The van der Waals surface area contributed by atoms with Gasteiger partial charge in [-0.2, -0.15) is 0 Å². The molecule has 0 saturated heterocycles. The summed E-state index contributed by atoms with van der Waals surface area (Å²) in [5, 5.41) is 2.76. The molecule has 0 spiro atoms. The van der Waals surface area contributed by atoms with Gasteiger partial charge in [0.05, 0.1) is 0 Å². The molecule has 0 radical (unpaired) electrons. The lowest BCUT2D eigenvalue weighted by atomic mass is 10.1. The first-order chi connectivity index (χ1) is 10.1. The topological polar surface area (TPSA) is 73.5 Å². The largest absolute Gasteiger partial charge is 0.385 e. The van der Waals surface area contributed by atoms with Crippen LogP contribution in [0.2, 0.25) is 0 Å². The number of nitrogens with one attached hydrogen (secondary N) is 1. The van der Waals surface area contributed by atoms with Crippen molar-refractivity contribution in [3.05, 3.63) is 46.4 Å². The van der Waals surface area contributed by atoms with Crippen molar-refractivity contribution < 1.29 is 14.1 Å². The second kappa shape index (κ2) is 6.90. The van der Waals surface area contributed by atoms with Gasteiger partial charge >= 0.3 is 5.63 Å². The molecule has 0 atom stereocenters. The minimum atomic E-state index is -0.522. The van der Waals surface area contributed by atoms with Crippen LogP contribution in [-0.4, -0.2) is 30.9 Å². The van der Waals surface area contributed by atoms with Crippen molar-refractivity contribution in [2.45, 2.75) is 6.42 Å². The standard InChI is InChI=1S/C15H18N2O4/c1-17-13(14(18)16-9-6-10-20-2)12(15(19)21-17)11-7-4-3-5-8-11/h3-5,7-8H,6,9-10H2,1-2H3,(H,16,18). The van der Waals surface area contributed by atoms with Crippen molar-refractivity contribution in [2.75, 3.05) is 20.3 Å². The zero-order valence-corrected chi connectivity index (χ0v) is 12.1. The normalized spacial score (nSPS) is 10.6. The summed E-state index contributed by atoms with van der Waals surface area (Å²) in [4.78, 5) is 24.2.